The lowest BCUT2D eigenvalue weighted by Gasteiger charge is -2.43. The summed E-state index contributed by atoms with van der Waals surface area (Å²) in [5, 5.41) is 2.82. The molecule has 4 atom stereocenters. The van der Waals surface area contributed by atoms with Gasteiger partial charge in [0.25, 0.3) is 0 Å². The molecule has 0 spiro atoms. The molecule has 2 aliphatic heterocycles. The summed E-state index contributed by atoms with van der Waals surface area (Å²) in [4.78, 5) is 45.3. The third kappa shape index (κ3) is 8.19. The average molecular weight is 597 g/mol. The fourth-order valence-corrected chi connectivity index (χ4v) is 6.92. The van der Waals surface area contributed by atoms with Crippen molar-refractivity contribution in [2.24, 2.45) is 11.3 Å². The summed E-state index contributed by atoms with van der Waals surface area (Å²) in [6, 6.07) is 3.24. The summed E-state index contributed by atoms with van der Waals surface area (Å²) < 4.78 is 28.7. The van der Waals surface area contributed by atoms with Crippen LogP contribution in [0.3, 0.4) is 0 Å². The highest BCUT2D eigenvalue weighted by atomic mass is 35.5. The number of hydrogen-bond acceptors (Lipinski definition) is 4. The molecule has 3 aliphatic rings. The first-order valence-electron chi connectivity index (χ1n) is 14.9. The van der Waals surface area contributed by atoms with Gasteiger partial charge in [-0.2, -0.15) is 0 Å². The fraction of sp³-hybridized carbons (Fsp3) is 0.710. The van der Waals surface area contributed by atoms with Gasteiger partial charge in [0.1, 0.15) is 17.7 Å². The summed E-state index contributed by atoms with van der Waals surface area (Å²) in [7, 11) is 0. The first-order chi connectivity index (χ1) is 18.8. The molecule has 1 N–H and O–H groups in total. The van der Waals surface area contributed by atoms with Crippen molar-refractivity contribution in [3.05, 3.63) is 35.4 Å². The van der Waals surface area contributed by atoms with E-state index in [1.165, 1.54) is 25.5 Å². The minimum absolute atomic E-state index is 0. The molecule has 2 saturated heterocycles. The highest BCUT2D eigenvalue weighted by molar-refractivity contribution is 5.87. The van der Waals surface area contributed by atoms with Gasteiger partial charge in [-0.25, -0.2) is 8.78 Å². The van der Waals surface area contributed by atoms with Gasteiger partial charge in [0.05, 0.1) is 5.92 Å². The number of rotatable bonds is 6. The van der Waals surface area contributed by atoms with Gasteiger partial charge in [-0.05, 0) is 43.2 Å². The minimum Gasteiger partial charge on any atom is -0.345 e. The van der Waals surface area contributed by atoms with Crippen molar-refractivity contribution >= 4 is 30.1 Å². The predicted molar refractivity (Wildman–Crippen MR) is 158 cm³/mol. The highest BCUT2D eigenvalue weighted by Gasteiger charge is 2.45. The third-order valence-corrected chi connectivity index (χ3v) is 8.83. The van der Waals surface area contributed by atoms with Gasteiger partial charge in [-0.1, -0.05) is 46.1 Å². The van der Waals surface area contributed by atoms with Crippen LogP contribution < -0.4 is 5.32 Å². The second-order valence-corrected chi connectivity index (χ2v) is 13.3. The second kappa shape index (κ2) is 13.8. The van der Waals surface area contributed by atoms with Crippen molar-refractivity contribution < 1.29 is 23.2 Å². The normalized spacial score (nSPS) is 25.0. The number of likely N-dealkylation sites (tertiary alicyclic amines) is 1. The quantitative estimate of drug-likeness (QED) is 0.515. The van der Waals surface area contributed by atoms with Crippen molar-refractivity contribution in [1.82, 2.24) is 20.0 Å². The molecule has 1 saturated carbocycles. The molecule has 10 heteroatoms. The number of carbonyl (C=O) groups excluding carboxylic acids is 3. The third-order valence-electron chi connectivity index (χ3n) is 8.83. The SMILES string of the molecule is CC(=O)N[C@@H](CC(C)(C)C)C(=O)N1CCN(C(=O)[C@@H]2CN(C3CCCCC3)C[C@H]2c2ccc(F)cc2F)[C@@H](C)C1.Cl. The van der Waals surface area contributed by atoms with Crippen molar-refractivity contribution in [2.75, 3.05) is 32.7 Å². The fourth-order valence-electron chi connectivity index (χ4n) is 6.92. The molecule has 7 nitrogen and oxygen atoms in total. The number of nitrogens with one attached hydrogen (secondary N) is 1. The maximum Gasteiger partial charge on any atom is 0.245 e. The van der Waals surface area contributed by atoms with Crippen LogP contribution in [0.4, 0.5) is 8.78 Å². The molecule has 0 radical (unpaired) electrons. The van der Waals surface area contributed by atoms with Crippen LogP contribution in [0, 0.1) is 23.0 Å². The molecule has 0 aromatic heterocycles. The van der Waals surface area contributed by atoms with Gasteiger partial charge in [0, 0.05) is 63.7 Å². The van der Waals surface area contributed by atoms with Crippen LogP contribution in [0.15, 0.2) is 18.2 Å². The Balaban J connectivity index is 0.00000462. The van der Waals surface area contributed by atoms with Crippen molar-refractivity contribution in [3.8, 4) is 0 Å². The lowest BCUT2D eigenvalue weighted by atomic mass is 9.86. The lowest BCUT2D eigenvalue weighted by molar-refractivity contribution is -0.147. The smallest absolute Gasteiger partial charge is 0.245 e. The van der Waals surface area contributed by atoms with E-state index in [1.807, 2.05) is 32.6 Å². The molecule has 41 heavy (non-hydrogen) atoms. The molecule has 230 valence electrons. The van der Waals surface area contributed by atoms with E-state index in [2.05, 4.69) is 10.2 Å². The standard InChI is InChI=1S/C31H46F2N4O3.ClH/c1-20-17-35(30(40)28(34-21(2)38)16-31(3,4)5)13-14-37(20)29(39)26-19-36(23-9-7-6-8-10-23)18-25(26)24-12-11-22(32)15-27(24)33;/h11-12,15,20,23,25-26,28H,6-10,13-14,16-19H2,1-5H3,(H,34,38);1H/t20-,25-,26+,28-;/m0./s1. The Morgan fingerprint density at radius 1 is 1.02 bits per heavy atom. The van der Waals surface area contributed by atoms with Crippen molar-refractivity contribution in [2.45, 2.75) is 97.2 Å². The van der Waals surface area contributed by atoms with Crippen LogP contribution in [-0.2, 0) is 14.4 Å². The Kier molecular flexibility index (Phi) is 11.2. The number of piperazine rings is 1. The molecule has 1 aliphatic carbocycles. The highest BCUT2D eigenvalue weighted by Crippen LogP contribution is 2.39. The summed E-state index contributed by atoms with van der Waals surface area (Å²) in [5.41, 5.74) is 0.253. The minimum atomic E-state index is -0.621. The summed E-state index contributed by atoms with van der Waals surface area (Å²) in [6.07, 6.45) is 6.24. The molecule has 4 rings (SSSR count). The first-order valence-corrected chi connectivity index (χ1v) is 14.9. The molecule has 3 amide bonds. The van der Waals surface area contributed by atoms with E-state index in [9.17, 15) is 23.2 Å². The van der Waals surface area contributed by atoms with Crippen molar-refractivity contribution in [1.29, 1.82) is 0 Å². The van der Waals surface area contributed by atoms with Crippen LogP contribution in [0.1, 0.15) is 84.6 Å². The number of hydrogen-bond donors (Lipinski definition) is 1. The zero-order valence-electron chi connectivity index (χ0n) is 25.1. The largest absolute Gasteiger partial charge is 0.345 e. The zero-order chi connectivity index (χ0) is 29.2. The Bertz CT molecular complexity index is 1090. The predicted octanol–water partition coefficient (Wildman–Crippen LogP) is 4.73. The van der Waals surface area contributed by atoms with E-state index in [4.69, 9.17) is 0 Å². The van der Waals surface area contributed by atoms with E-state index in [0.717, 1.165) is 31.7 Å². The number of benzene rings is 1. The lowest BCUT2D eigenvalue weighted by Crippen LogP contribution is -2.60. The van der Waals surface area contributed by atoms with Gasteiger partial charge >= 0.3 is 0 Å². The molecular weight excluding hydrogens is 550 g/mol. The van der Waals surface area contributed by atoms with Gasteiger partial charge < -0.3 is 15.1 Å². The number of amides is 3. The summed E-state index contributed by atoms with van der Waals surface area (Å²) in [6.45, 7) is 11.7. The molecule has 2 heterocycles. The molecule has 0 unspecified atom stereocenters. The van der Waals surface area contributed by atoms with Crippen LogP contribution >= 0.6 is 12.4 Å². The molecule has 1 aromatic rings. The Morgan fingerprint density at radius 2 is 1.71 bits per heavy atom. The van der Waals surface area contributed by atoms with E-state index in [1.54, 1.807) is 4.90 Å². The van der Waals surface area contributed by atoms with Crippen LogP contribution in [-0.4, -0.2) is 83.3 Å². The second-order valence-electron chi connectivity index (χ2n) is 13.3. The molecule has 1 aromatic carbocycles. The Morgan fingerprint density at radius 3 is 2.29 bits per heavy atom. The van der Waals surface area contributed by atoms with Crippen LogP contribution in [0.5, 0.6) is 0 Å². The Labute approximate surface area is 249 Å². The van der Waals surface area contributed by atoms with E-state index >= 15 is 0 Å². The molecular formula is C31H47ClF2N4O3. The number of carbonyl (C=O) groups is 3. The topological polar surface area (TPSA) is 73.0 Å². The monoisotopic (exact) mass is 596 g/mol. The molecule has 0 bridgehead atoms. The zero-order valence-corrected chi connectivity index (χ0v) is 25.9. The van der Waals surface area contributed by atoms with E-state index < -0.39 is 23.6 Å². The molecule has 3 fully saturated rings. The number of halogens is 3. The number of nitrogens with zero attached hydrogens (tertiary/aromatic N) is 3. The van der Waals surface area contributed by atoms with Gasteiger partial charge in [-0.15, -0.1) is 12.4 Å². The van der Waals surface area contributed by atoms with Gasteiger partial charge in [0.2, 0.25) is 17.7 Å². The maximum absolute atomic E-state index is 15.0. The van der Waals surface area contributed by atoms with Gasteiger partial charge in [0.15, 0.2) is 0 Å². The summed E-state index contributed by atoms with van der Waals surface area (Å²) >= 11 is 0. The first kappa shape index (κ1) is 33.2. The summed E-state index contributed by atoms with van der Waals surface area (Å²) in [5.74, 6) is -2.39. The van der Waals surface area contributed by atoms with Crippen molar-refractivity contribution in [3.63, 3.8) is 0 Å². The van der Waals surface area contributed by atoms with E-state index in [-0.39, 0.29) is 47.5 Å². The van der Waals surface area contributed by atoms with Crippen LogP contribution in [0.25, 0.3) is 0 Å². The van der Waals surface area contributed by atoms with Crippen LogP contribution in [0.2, 0.25) is 0 Å². The maximum atomic E-state index is 15.0. The van der Waals surface area contributed by atoms with E-state index in [0.29, 0.717) is 50.7 Å². The van der Waals surface area contributed by atoms with Gasteiger partial charge in [-0.3, -0.25) is 19.3 Å². The average Bonchev–Trinajstić information content (AvgIpc) is 3.32. The Hall–Kier alpha value is -2.26.